The molecule has 6 heteroatoms. The monoisotopic (exact) mass is 305 g/mol. The van der Waals surface area contributed by atoms with Gasteiger partial charge in [-0.2, -0.15) is 0 Å². The van der Waals surface area contributed by atoms with Gasteiger partial charge in [-0.25, -0.2) is 13.1 Å². The van der Waals surface area contributed by atoms with Crippen molar-refractivity contribution in [3.05, 3.63) is 53.6 Å². The molecule has 0 heterocycles. The summed E-state index contributed by atoms with van der Waals surface area (Å²) in [7, 11) is -2.18. The third-order valence-electron chi connectivity index (χ3n) is 3.13. The van der Waals surface area contributed by atoms with Crippen LogP contribution in [0.2, 0.25) is 0 Å². The molecular formula is C15H19N3O2S. The van der Waals surface area contributed by atoms with Crippen LogP contribution in [0.5, 0.6) is 0 Å². The first-order chi connectivity index (χ1) is 9.92. The predicted molar refractivity (Wildman–Crippen MR) is 85.6 cm³/mol. The van der Waals surface area contributed by atoms with Gasteiger partial charge in [-0.05, 0) is 37.7 Å². The molecule has 0 bridgehead atoms. The van der Waals surface area contributed by atoms with Crippen LogP contribution >= 0.6 is 0 Å². The number of nitrogen functional groups attached to an aromatic ring is 1. The van der Waals surface area contributed by atoms with Gasteiger partial charge in [-0.1, -0.05) is 29.8 Å². The van der Waals surface area contributed by atoms with Crippen LogP contribution in [-0.4, -0.2) is 15.5 Å². The summed E-state index contributed by atoms with van der Waals surface area (Å²) >= 11 is 0. The van der Waals surface area contributed by atoms with Crippen molar-refractivity contribution in [2.75, 3.05) is 18.1 Å². The molecule has 4 N–H and O–H groups in total. The largest absolute Gasteiger partial charge is 0.399 e. The van der Waals surface area contributed by atoms with E-state index >= 15 is 0 Å². The van der Waals surface area contributed by atoms with Crippen molar-refractivity contribution in [2.45, 2.75) is 18.4 Å². The summed E-state index contributed by atoms with van der Waals surface area (Å²) in [5.41, 5.74) is 8.87. The highest BCUT2D eigenvalue weighted by Gasteiger charge is 2.16. The highest BCUT2D eigenvalue weighted by atomic mass is 32.2. The zero-order chi connectivity index (χ0) is 15.5. The van der Waals surface area contributed by atoms with E-state index in [1.165, 1.54) is 13.1 Å². The smallest absolute Gasteiger partial charge is 0.242 e. The molecule has 0 saturated carbocycles. The molecule has 21 heavy (non-hydrogen) atoms. The van der Waals surface area contributed by atoms with E-state index in [4.69, 9.17) is 5.73 Å². The van der Waals surface area contributed by atoms with Gasteiger partial charge in [0.2, 0.25) is 10.0 Å². The maximum absolute atomic E-state index is 12.0. The van der Waals surface area contributed by atoms with Crippen LogP contribution in [0.1, 0.15) is 11.1 Å². The average Bonchev–Trinajstić information content (AvgIpc) is 2.46. The van der Waals surface area contributed by atoms with E-state index in [0.717, 1.165) is 11.1 Å². The number of hydrogen-bond donors (Lipinski definition) is 3. The molecule has 2 aromatic rings. The van der Waals surface area contributed by atoms with Crippen molar-refractivity contribution in [1.29, 1.82) is 0 Å². The van der Waals surface area contributed by atoms with Crippen molar-refractivity contribution < 1.29 is 8.42 Å². The number of nitrogens with one attached hydrogen (secondary N) is 2. The summed E-state index contributed by atoms with van der Waals surface area (Å²) in [6.07, 6.45) is 0. The second kappa shape index (κ2) is 6.15. The lowest BCUT2D eigenvalue weighted by atomic mass is 10.1. The fraction of sp³-hybridized carbons (Fsp3) is 0.200. The first-order valence-electron chi connectivity index (χ1n) is 6.55. The molecule has 0 aliphatic rings. The van der Waals surface area contributed by atoms with Crippen LogP contribution in [0.4, 0.5) is 11.4 Å². The number of hydrogen-bond acceptors (Lipinski definition) is 4. The molecule has 0 aromatic heterocycles. The van der Waals surface area contributed by atoms with Crippen LogP contribution < -0.4 is 15.8 Å². The fourth-order valence-corrected chi connectivity index (χ4v) is 2.98. The Morgan fingerprint density at radius 3 is 2.57 bits per heavy atom. The van der Waals surface area contributed by atoms with Gasteiger partial charge in [0.25, 0.3) is 0 Å². The molecule has 0 aliphatic heterocycles. The first-order valence-corrected chi connectivity index (χ1v) is 8.03. The van der Waals surface area contributed by atoms with Gasteiger partial charge in [0.05, 0.1) is 5.69 Å². The lowest BCUT2D eigenvalue weighted by molar-refractivity contribution is 0.588. The second-order valence-corrected chi connectivity index (χ2v) is 6.66. The van der Waals surface area contributed by atoms with Crippen LogP contribution in [0.3, 0.4) is 0 Å². The SMILES string of the molecule is CNS(=O)(=O)c1cc(N)ccc1NCc1cccc(C)c1. The predicted octanol–water partition coefficient (Wildman–Crippen LogP) is 2.10. The van der Waals surface area contributed by atoms with Gasteiger partial charge >= 0.3 is 0 Å². The third-order valence-corrected chi connectivity index (χ3v) is 4.58. The molecule has 0 unspecified atom stereocenters. The molecule has 0 saturated heterocycles. The fourth-order valence-electron chi connectivity index (χ4n) is 2.04. The summed E-state index contributed by atoms with van der Waals surface area (Å²) in [6, 6.07) is 12.8. The van der Waals surface area contributed by atoms with E-state index < -0.39 is 10.0 Å². The van der Waals surface area contributed by atoms with Crippen molar-refractivity contribution in [3.63, 3.8) is 0 Å². The van der Waals surface area contributed by atoms with E-state index in [-0.39, 0.29) is 4.90 Å². The third kappa shape index (κ3) is 3.74. The average molecular weight is 305 g/mol. The number of sulfonamides is 1. The molecule has 0 fully saturated rings. The number of anilines is 2. The number of rotatable bonds is 5. The molecule has 0 amide bonds. The van der Waals surface area contributed by atoms with E-state index in [0.29, 0.717) is 17.9 Å². The second-order valence-electron chi connectivity index (χ2n) is 4.81. The van der Waals surface area contributed by atoms with E-state index in [1.807, 2.05) is 25.1 Å². The Hall–Kier alpha value is -2.05. The van der Waals surface area contributed by atoms with Crippen molar-refractivity contribution >= 4 is 21.4 Å². The minimum Gasteiger partial charge on any atom is -0.399 e. The maximum Gasteiger partial charge on any atom is 0.242 e. The first kappa shape index (κ1) is 15.3. The maximum atomic E-state index is 12.0. The van der Waals surface area contributed by atoms with Gasteiger partial charge in [0.1, 0.15) is 4.90 Å². The molecule has 0 aliphatic carbocycles. The van der Waals surface area contributed by atoms with Gasteiger partial charge in [-0.15, -0.1) is 0 Å². The van der Waals surface area contributed by atoms with Crippen molar-refractivity contribution in [2.24, 2.45) is 0 Å². The van der Waals surface area contributed by atoms with Crippen LogP contribution in [0.25, 0.3) is 0 Å². The lowest BCUT2D eigenvalue weighted by Gasteiger charge is -2.13. The minimum absolute atomic E-state index is 0.151. The molecule has 0 spiro atoms. The summed E-state index contributed by atoms with van der Waals surface area (Å²) in [4.78, 5) is 0.151. The molecule has 112 valence electrons. The molecule has 5 nitrogen and oxygen atoms in total. The van der Waals surface area contributed by atoms with Crippen LogP contribution in [0, 0.1) is 6.92 Å². The Labute approximate surface area is 125 Å². The highest BCUT2D eigenvalue weighted by molar-refractivity contribution is 7.89. The van der Waals surface area contributed by atoms with Crippen LogP contribution in [0.15, 0.2) is 47.4 Å². The molecule has 2 rings (SSSR count). The number of nitrogens with two attached hydrogens (primary N) is 1. The molecule has 0 atom stereocenters. The topological polar surface area (TPSA) is 84.2 Å². The lowest BCUT2D eigenvalue weighted by Crippen LogP contribution is -2.20. The Morgan fingerprint density at radius 2 is 1.90 bits per heavy atom. The summed E-state index contributed by atoms with van der Waals surface area (Å²) in [6.45, 7) is 2.56. The van der Waals surface area contributed by atoms with E-state index in [2.05, 4.69) is 16.1 Å². The van der Waals surface area contributed by atoms with Crippen molar-refractivity contribution in [3.8, 4) is 0 Å². The zero-order valence-corrected chi connectivity index (χ0v) is 12.9. The molecule has 2 aromatic carbocycles. The van der Waals surface area contributed by atoms with Gasteiger partial charge in [0.15, 0.2) is 0 Å². The minimum atomic E-state index is -3.56. The normalized spacial score (nSPS) is 11.3. The van der Waals surface area contributed by atoms with Crippen LogP contribution in [-0.2, 0) is 16.6 Å². The van der Waals surface area contributed by atoms with Crippen molar-refractivity contribution in [1.82, 2.24) is 4.72 Å². The standard InChI is InChI=1S/C15H19N3O2S/c1-11-4-3-5-12(8-11)10-18-14-7-6-13(16)9-15(14)21(19,20)17-2/h3-9,17-18H,10,16H2,1-2H3. The highest BCUT2D eigenvalue weighted by Crippen LogP contribution is 2.24. The Kier molecular flexibility index (Phi) is 4.50. The summed E-state index contributed by atoms with van der Waals surface area (Å²) in [5, 5.41) is 3.15. The quantitative estimate of drug-likeness (QED) is 0.739. The summed E-state index contributed by atoms with van der Waals surface area (Å²) in [5.74, 6) is 0. The Bertz CT molecular complexity index is 742. The Balaban J connectivity index is 2.28. The van der Waals surface area contributed by atoms with Gasteiger partial charge in [-0.3, -0.25) is 0 Å². The summed E-state index contributed by atoms with van der Waals surface area (Å²) < 4.78 is 26.4. The number of benzene rings is 2. The zero-order valence-electron chi connectivity index (χ0n) is 12.1. The van der Waals surface area contributed by atoms with Gasteiger partial charge in [0, 0.05) is 12.2 Å². The van der Waals surface area contributed by atoms with E-state index in [9.17, 15) is 8.42 Å². The van der Waals surface area contributed by atoms with Gasteiger partial charge < -0.3 is 11.1 Å². The van der Waals surface area contributed by atoms with E-state index in [1.54, 1.807) is 12.1 Å². The molecular weight excluding hydrogens is 286 g/mol. The molecule has 0 radical (unpaired) electrons. The Morgan fingerprint density at radius 1 is 1.14 bits per heavy atom. The number of aryl methyl sites for hydroxylation is 1.